The molecule has 1 heterocycles. The van der Waals surface area contributed by atoms with Crippen LogP contribution in [0.2, 0.25) is 0 Å². The fourth-order valence-electron chi connectivity index (χ4n) is 2.29. The first-order valence-electron chi connectivity index (χ1n) is 7.32. The second-order valence-electron chi connectivity index (χ2n) is 5.80. The summed E-state index contributed by atoms with van der Waals surface area (Å²) in [5, 5.41) is 3.91. The lowest BCUT2D eigenvalue weighted by atomic mass is 10.0. The summed E-state index contributed by atoms with van der Waals surface area (Å²) in [5.74, 6) is 1.30. The van der Waals surface area contributed by atoms with Crippen molar-refractivity contribution < 1.29 is 0 Å². The van der Waals surface area contributed by atoms with Gasteiger partial charge in [-0.05, 0) is 31.4 Å². The van der Waals surface area contributed by atoms with Crippen LogP contribution in [0.5, 0.6) is 0 Å². The molecule has 0 aliphatic carbocycles. The summed E-state index contributed by atoms with van der Waals surface area (Å²) in [6, 6.07) is 7.69. The molecular weight excluding hydrogens is 250 g/mol. The summed E-state index contributed by atoms with van der Waals surface area (Å²) in [4.78, 5) is 19.2. The molecule has 0 fully saturated rings. The van der Waals surface area contributed by atoms with E-state index in [9.17, 15) is 4.79 Å². The number of hydrogen-bond donors (Lipinski definition) is 2. The van der Waals surface area contributed by atoms with Gasteiger partial charge in [0.05, 0.1) is 10.9 Å². The molecule has 1 aromatic carbocycles. The first kappa shape index (κ1) is 14.6. The Hall–Kier alpha value is -1.84. The Balaban J connectivity index is 2.04. The first-order chi connectivity index (χ1) is 9.56. The molecule has 2 N–H and O–H groups in total. The van der Waals surface area contributed by atoms with Gasteiger partial charge in [-0.15, -0.1) is 0 Å². The van der Waals surface area contributed by atoms with E-state index in [2.05, 4.69) is 36.1 Å². The first-order valence-corrected chi connectivity index (χ1v) is 7.32. The molecule has 4 nitrogen and oxygen atoms in total. The van der Waals surface area contributed by atoms with Gasteiger partial charge < -0.3 is 5.32 Å². The summed E-state index contributed by atoms with van der Waals surface area (Å²) >= 11 is 0. The number of benzene rings is 1. The van der Waals surface area contributed by atoms with Gasteiger partial charge >= 0.3 is 0 Å². The number of para-hydroxylation sites is 1. The van der Waals surface area contributed by atoms with Crippen molar-refractivity contribution in [2.24, 2.45) is 5.92 Å². The Morgan fingerprint density at radius 3 is 2.70 bits per heavy atom. The Kier molecular flexibility index (Phi) is 4.77. The van der Waals surface area contributed by atoms with Gasteiger partial charge in [-0.1, -0.05) is 38.8 Å². The number of nitrogens with one attached hydrogen (secondary N) is 2. The SMILES string of the molecule is CC(C)CCCC(C)Nc1nc2ccccc2c(=O)[nH]1. The number of aromatic amines is 1. The lowest BCUT2D eigenvalue weighted by molar-refractivity contribution is 0.519. The molecule has 0 radical (unpaired) electrons. The van der Waals surface area contributed by atoms with Crippen molar-refractivity contribution in [3.8, 4) is 0 Å². The third-order valence-corrected chi connectivity index (χ3v) is 3.41. The topological polar surface area (TPSA) is 57.8 Å². The van der Waals surface area contributed by atoms with Gasteiger partial charge in [-0.25, -0.2) is 4.98 Å². The fraction of sp³-hybridized carbons (Fsp3) is 0.500. The molecular formula is C16H23N3O. The molecule has 0 saturated heterocycles. The largest absolute Gasteiger partial charge is 0.353 e. The molecule has 1 atom stereocenters. The number of anilines is 1. The van der Waals surface area contributed by atoms with Gasteiger partial charge in [0.1, 0.15) is 0 Å². The van der Waals surface area contributed by atoms with E-state index in [-0.39, 0.29) is 5.56 Å². The monoisotopic (exact) mass is 273 g/mol. The van der Waals surface area contributed by atoms with E-state index in [1.54, 1.807) is 6.07 Å². The lowest BCUT2D eigenvalue weighted by Gasteiger charge is -2.15. The van der Waals surface area contributed by atoms with Crippen LogP contribution in [0.4, 0.5) is 5.95 Å². The Bertz CT molecular complexity index is 618. The maximum absolute atomic E-state index is 11.9. The highest BCUT2D eigenvalue weighted by atomic mass is 16.1. The predicted molar refractivity (Wildman–Crippen MR) is 84.1 cm³/mol. The lowest BCUT2D eigenvalue weighted by Crippen LogP contribution is -2.20. The highest BCUT2D eigenvalue weighted by Gasteiger charge is 2.07. The number of hydrogen-bond acceptors (Lipinski definition) is 3. The smallest absolute Gasteiger partial charge is 0.260 e. The van der Waals surface area contributed by atoms with Gasteiger partial charge in [0, 0.05) is 6.04 Å². The normalized spacial score (nSPS) is 12.8. The van der Waals surface area contributed by atoms with Crippen LogP contribution in [0, 0.1) is 5.92 Å². The number of nitrogens with zero attached hydrogens (tertiary/aromatic N) is 1. The highest BCUT2D eigenvalue weighted by molar-refractivity contribution is 5.78. The molecule has 0 aliphatic heterocycles. The molecule has 20 heavy (non-hydrogen) atoms. The Morgan fingerprint density at radius 1 is 1.20 bits per heavy atom. The average Bonchev–Trinajstić information content (AvgIpc) is 2.38. The summed E-state index contributed by atoms with van der Waals surface area (Å²) in [6.07, 6.45) is 3.49. The zero-order chi connectivity index (χ0) is 14.5. The van der Waals surface area contributed by atoms with E-state index in [0.717, 1.165) is 17.9 Å². The van der Waals surface area contributed by atoms with Crippen molar-refractivity contribution in [2.75, 3.05) is 5.32 Å². The third-order valence-electron chi connectivity index (χ3n) is 3.41. The van der Waals surface area contributed by atoms with Crippen molar-refractivity contribution in [1.82, 2.24) is 9.97 Å². The molecule has 0 saturated carbocycles. The van der Waals surface area contributed by atoms with Crippen LogP contribution in [0.3, 0.4) is 0 Å². The standard InChI is InChI=1S/C16H23N3O/c1-11(2)7-6-8-12(3)17-16-18-14-10-5-4-9-13(14)15(20)19-16/h4-5,9-12H,6-8H2,1-3H3,(H2,17,18,19,20). The summed E-state index contributed by atoms with van der Waals surface area (Å²) in [5.41, 5.74) is 0.639. The van der Waals surface area contributed by atoms with Crippen molar-refractivity contribution in [3.05, 3.63) is 34.6 Å². The van der Waals surface area contributed by atoms with E-state index < -0.39 is 0 Å². The van der Waals surface area contributed by atoms with E-state index in [4.69, 9.17) is 0 Å². The number of aromatic nitrogens is 2. The van der Waals surface area contributed by atoms with Crippen LogP contribution in [0.25, 0.3) is 10.9 Å². The van der Waals surface area contributed by atoms with Gasteiger partial charge in [0.15, 0.2) is 0 Å². The molecule has 1 unspecified atom stereocenters. The van der Waals surface area contributed by atoms with E-state index in [1.807, 2.05) is 18.2 Å². The minimum absolute atomic E-state index is 0.0903. The van der Waals surface area contributed by atoms with Crippen LogP contribution >= 0.6 is 0 Å². The Morgan fingerprint density at radius 2 is 1.95 bits per heavy atom. The van der Waals surface area contributed by atoms with Crippen LogP contribution in [-0.2, 0) is 0 Å². The summed E-state index contributed by atoms with van der Waals surface area (Å²) in [6.45, 7) is 6.59. The molecule has 108 valence electrons. The second-order valence-corrected chi connectivity index (χ2v) is 5.80. The van der Waals surface area contributed by atoms with Crippen LogP contribution < -0.4 is 10.9 Å². The van der Waals surface area contributed by atoms with Gasteiger partial charge in [-0.2, -0.15) is 0 Å². The van der Waals surface area contributed by atoms with E-state index in [1.165, 1.54) is 12.8 Å². The molecule has 0 spiro atoms. The molecule has 0 bridgehead atoms. The number of H-pyrrole nitrogens is 1. The predicted octanol–water partition coefficient (Wildman–Crippen LogP) is 3.55. The van der Waals surface area contributed by atoms with Crippen LogP contribution in [0.1, 0.15) is 40.0 Å². The molecule has 4 heteroatoms. The van der Waals surface area contributed by atoms with Crippen molar-refractivity contribution in [3.63, 3.8) is 0 Å². The fourth-order valence-corrected chi connectivity index (χ4v) is 2.29. The maximum atomic E-state index is 11.9. The quantitative estimate of drug-likeness (QED) is 0.846. The minimum atomic E-state index is -0.0903. The number of rotatable bonds is 6. The zero-order valence-corrected chi connectivity index (χ0v) is 12.4. The molecule has 1 aromatic heterocycles. The van der Waals surface area contributed by atoms with E-state index >= 15 is 0 Å². The van der Waals surface area contributed by atoms with Crippen molar-refractivity contribution in [2.45, 2.75) is 46.1 Å². The number of fused-ring (bicyclic) bond motifs is 1. The summed E-state index contributed by atoms with van der Waals surface area (Å²) in [7, 11) is 0. The maximum Gasteiger partial charge on any atom is 0.260 e. The van der Waals surface area contributed by atoms with Crippen molar-refractivity contribution in [1.29, 1.82) is 0 Å². The molecule has 0 aliphatic rings. The Labute approximate surface area is 119 Å². The molecule has 2 aromatic rings. The minimum Gasteiger partial charge on any atom is -0.353 e. The highest BCUT2D eigenvalue weighted by Crippen LogP contribution is 2.12. The van der Waals surface area contributed by atoms with E-state index in [0.29, 0.717) is 17.4 Å². The van der Waals surface area contributed by atoms with Gasteiger partial charge in [0.2, 0.25) is 5.95 Å². The van der Waals surface area contributed by atoms with Gasteiger partial charge in [0.25, 0.3) is 5.56 Å². The van der Waals surface area contributed by atoms with Crippen LogP contribution in [0.15, 0.2) is 29.1 Å². The van der Waals surface area contributed by atoms with Crippen LogP contribution in [-0.4, -0.2) is 16.0 Å². The van der Waals surface area contributed by atoms with Gasteiger partial charge in [-0.3, -0.25) is 9.78 Å². The molecule has 0 amide bonds. The third kappa shape index (κ3) is 3.83. The second kappa shape index (κ2) is 6.55. The van der Waals surface area contributed by atoms with Crippen molar-refractivity contribution >= 4 is 16.9 Å². The average molecular weight is 273 g/mol. The summed E-state index contributed by atoms with van der Waals surface area (Å²) < 4.78 is 0. The zero-order valence-electron chi connectivity index (χ0n) is 12.4. The molecule has 2 rings (SSSR count).